The van der Waals surface area contributed by atoms with Crippen molar-refractivity contribution in [2.45, 2.75) is 26.7 Å². The molecule has 0 bridgehead atoms. The van der Waals surface area contributed by atoms with Gasteiger partial charge in [0, 0.05) is 6.42 Å². The van der Waals surface area contributed by atoms with Crippen molar-refractivity contribution in [3.63, 3.8) is 0 Å². The number of furan rings is 1. The van der Waals surface area contributed by atoms with Gasteiger partial charge < -0.3 is 14.3 Å². The second-order valence-electron chi connectivity index (χ2n) is 3.95. The molecular formula is C12H16O5. The predicted octanol–water partition coefficient (Wildman–Crippen LogP) is 2.03. The average molecular weight is 240 g/mol. The van der Waals surface area contributed by atoms with Crippen molar-refractivity contribution in [2.75, 3.05) is 7.11 Å². The maximum atomic E-state index is 11.3. The van der Waals surface area contributed by atoms with Gasteiger partial charge in [0.2, 0.25) is 0 Å². The Morgan fingerprint density at radius 1 is 1.53 bits per heavy atom. The van der Waals surface area contributed by atoms with Crippen LogP contribution in [-0.4, -0.2) is 24.2 Å². The summed E-state index contributed by atoms with van der Waals surface area (Å²) in [6.45, 7) is 3.32. The van der Waals surface area contributed by atoms with Crippen LogP contribution < -0.4 is 0 Å². The molecule has 0 saturated carbocycles. The van der Waals surface area contributed by atoms with E-state index in [2.05, 4.69) is 4.74 Å². The van der Waals surface area contributed by atoms with Gasteiger partial charge in [-0.05, 0) is 19.4 Å². The van der Waals surface area contributed by atoms with Crippen molar-refractivity contribution in [3.8, 4) is 0 Å². The van der Waals surface area contributed by atoms with E-state index < -0.39 is 17.9 Å². The van der Waals surface area contributed by atoms with Crippen LogP contribution in [0.4, 0.5) is 0 Å². The lowest BCUT2D eigenvalue weighted by molar-refractivity contribution is -0.141. The number of ether oxygens (including phenoxy) is 1. The van der Waals surface area contributed by atoms with Gasteiger partial charge in [-0.15, -0.1) is 0 Å². The van der Waals surface area contributed by atoms with E-state index in [-0.39, 0.29) is 0 Å². The minimum atomic E-state index is -0.832. The number of aryl methyl sites for hydroxylation is 2. The first-order valence-electron chi connectivity index (χ1n) is 5.36. The molecule has 17 heavy (non-hydrogen) atoms. The first kappa shape index (κ1) is 13.3. The molecule has 0 aliphatic rings. The smallest absolute Gasteiger partial charge is 0.341 e. The van der Waals surface area contributed by atoms with Gasteiger partial charge >= 0.3 is 11.9 Å². The monoisotopic (exact) mass is 240 g/mol. The molecule has 1 aromatic heterocycles. The van der Waals surface area contributed by atoms with Crippen molar-refractivity contribution in [3.05, 3.63) is 23.2 Å². The summed E-state index contributed by atoms with van der Waals surface area (Å²) in [5.74, 6) is -0.599. The van der Waals surface area contributed by atoms with E-state index in [4.69, 9.17) is 9.52 Å². The van der Waals surface area contributed by atoms with Gasteiger partial charge in [0.1, 0.15) is 17.1 Å². The third-order valence-electron chi connectivity index (χ3n) is 2.62. The summed E-state index contributed by atoms with van der Waals surface area (Å²) in [6, 6.07) is 1.61. The number of aliphatic carboxylic acids is 1. The highest BCUT2D eigenvalue weighted by molar-refractivity contribution is 5.90. The lowest BCUT2D eigenvalue weighted by Gasteiger charge is -2.02. The summed E-state index contributed by atoms with van der Waals surface area (Å²) in [5, 5.41) is 8.74. The molecule has 1 heterocycles. The van der Waals surface area contributed by atoms with E-state index in [1.165, 1.54) is 7.11 Å². The number of esters is 1. The number of carboxylic acids is 1. The van der Waals surface area contributed by atoms with Crippen LogP contribution in [0.3, 0.4) is 0 Å². The number of rotatable bonds is 5. The van der Waals surface area contributed by atoms with Gasteiger partial charge in [0.25, 0.3) is 0 Å². The van der Waals surface area contributed by atoms with Crippen LogP contribution in [-0.2, 0) is 16.0 Å². The van der Waals surface area contributed by atoms with Gasteiger partial charge in [-0.1, -0.05) is 6.92 Å². The zero-order valence-electron chi connectivity index (χ0n) is 10.1. The topological polar surface area (TPSA) is 76.7 Å². The zero-order chi connectivity index (χ0) is 13.0. The number of carbonyl (C=O) groups excluding carboxylic acids is 1. The lowest BCUT2D eigenvalue weighted by atomic mass is 10.0. The fourth-order valence-corrected chi connectivity index (χ4v) is 1.46. The summed E-state index contributed by atoms with van der Waals surface area (Å²) in [6.07, 6.45) is 0.966. The van der Waals surface area contributed by atoms with E-state index in [0.29, 0.717) is 29.9 Å². The molecular weight excluding hydrogens is 224 g/mol. The Morgan fingerprint density at radius 2 is 2.18 bits per heavy atom. The molecule has 0 aliphatic carbocycles. The van der Waals surface area contributed by atoms with Gasteiger partial charge in [0.05, 0.1) is 13.0 Å². The van der Waals surface area contributed by atoms with Gasteiger partial charge in [0.15, 0.2) is 0 Å². The van der Waals surface area contributed by atoms with Gasteiger partial charge in [-0.25, -0.2) is 4.79 Å². The van der Waals surface area contributed by atoms with Crippen LogP contribution in [0.25, 0.3) is 0 Å². The van der Waals surface area contributed by atoms with Gasteiger partial charge in [-0.3, -0.25) is 4.79 Å². The minimum absolute atomic E-state index is 0.394. The zero-order valence-corrected chi connectivity index (χ0v) is 10.1. The van der Waals surface area contributed by atoms with E-state index >= 15 is 0 Å². The molecule has 1 atom stereocenters. The maximum Gasteiger partial charge on any atom is 0.341 e. The lowest BCUT2D eigenvalue weighted by Crippen LogP contribution is -2.09. The summed E-state index contributed by atoms with van der Waals surface area (Å²) in [7, 11) is 1.31. The number of hydrogen-bond donors (Lipinski definition) is 1. The first-order chi connectivity index (χ1) is 7.95. The number of hydrogen-bond acceptors (Lipinski definition) is 4. The van der Waals surface area contributed by atoms with E-state index in [1.54, 1.807) is 19.9 Å². The number of carbonyl (C=O) groups is 2. The number of carboxylic acid groups (broad SMARTS) is 1. The van der Waals surface area contributed by atoms with Crippen LogP contribution in [0.1, 0.15) is 35.2 Å². The van der Waals surface area contributed by atoms with Crippen LogP contribution in [0, 0.1) is 12.8 Å². The largest absolute Gasteiger partial charge is 0.481 e. The highest BCUT2D eigenvalue weighted by Crippen LogP contribution is 2.18. The summed E-state index contributed by atoms with van der Waals surface area (Å²) < 4.78 is 9.98. The Morgan fingerprint density at radius 3 is 2.71 bits per heavy atom. The Hall–Kier alpha value is -1.78. The van der Waals surface area contributed by atoms with Crippen LogP contribution in [0.15, 0.2) is 10.5 Å². The van der Waals surface area contributed by atoms with Crippen molar-refractivity contribution in [2.24, 2.45) is 5.92 Å². The van der Waals surface area contributed by atoms with E-state index in [9.17, 15) is 9.59 Å². The summed E-state index contributed by atoms with van der Waals surface area (Å²) in [5.41, 5.74) is 0.394. The molecule has 1 aromatic rings. The second-order valence-corrected chi connectivity index (χ2v) is 3.95. The van der Waals surface area contributed by atoms with Crippen molar-refractivity contribution in [1.29, 1.82) is 0 Å². The highest BCUT2D eigenvalue weighted by atomic mass is 16.5. The Kier molecular flexibility index (Phi) is 4.31. The summed E-state index contributed by atoms with van der Waals surface area (Å²) in [4.78, 5) is 22.0. The number of methoxy groups -OCH3 is 1. The van der Waals surface area contributed by atoms with E-state index in [1.807, 2.05) is 0 Å². The fourth-order valence-electron chi connectivity index (χ4n) is 1.46. The average Bonchev–Trinajstić information content (AvgIpc) is 2.66. The van der Waals surface area contributed by atoms with Crippen molar-refractivity contribution < 1.29 is 23.8 Å². The molecule has 5 heteroatoms. The quantitative estimate of drug-likeness (QED) is 0.797. The summed E-state index contributed by atoms with van der Waals surface area (Å²) >= 11 is 0. The Bertz CT molecular complexity index is 419. The molecule has 0 spiro atoms. The van der Waals surface area contributed by atoms with Crippen LogP contribution in [0.2, 0.25) is 0 Å². The maximum absolute atomic E-state index is 11.3. The first-order valence-corrected chi connectivity index (χ1v) is 5.36. The SMILES string of the molecule is COC(=O)c1cc(CCC(C)C(=O)O)oc1C. The molecule has 94 valence electrons. The molecule has 0 amide bonds. The second kappa shape index (κ2) is 5.52. The Labute approximate surface area is 99.4 Å². The third kappa shape index (κ3) is 3.34. The molecule has 0 fully saturated rings. The normalized spacial score (nSPS) is 12.2. The molecule has 1 rings (SSSR count). The molecule has 0 saturated heterocycles. The van der Waals surface area contributed by atoms with Crippen LogP contribution in [0.5, 0.6) is 0 Å². The van der Waals surface area contributed by atoms with Gasteiger partial charge in [-0.2, -0.15) is 0 Å². The molecule has 0 radical (unpaired) electrons. The standard InChI is InChI=1S/C12H16O5/c1-7(11(13)14)4-5-9-6-10(8(2)17-9)12(15)16-3/h6-7H,4-5H2,1-3H3,(H,13,14). The fraction of sp³-hybridized carbons (Fsp3) is 0.500. The molecule has 0 aliphatic heterocycles. The molecule has 1 N–H and O–H groups in total. The molecule has 1 unspecified atom stereocenters. The minimum Gasteiger partial charge on any atom is -0.481 e. The molecule has 0 aromatic carbocycles. The highest BCUT2D eigenvalue weighted by Gasteiger charge is 2.17. The third-order valence-corrected chi connectivity index (χ3v) is 2.62. The molecule has 5 nitrogen and oxygen atoms in total. The van der Waals surface area contributed by atoms with Crippen LogP contribution >= 0.6 is 0 Å². The predicted molar refractivity (Wildman–Crippen MR) is 59.9 cm³/mol. The van der Waals surface area contributed by atoms with Crippen molar-refractivity contribution in [1.82, 2.24) is 0 Å². The van der Waals surface area contributed by atoms with E-state index in [0.717, 1.165) is 0 Å². The van der Waals surface area contributed by atoms with Crippen molar-refractivity contribution >= 4 is 11.9 Å². The Balaban J connectivity index is 2.68.